The lowest BCUT2D eigenvalue weighted by molar-refractivity contribution is -0.918. The number of hydrogen-bond donors (Lipinski definition) is 3. The normalized spacial score (nSPS) is 32.3. The highest BCUT2D eigenvalue weighted by Gasteiger charge is 2.58. The first kappa shape index (κ1) is 17.9. The van der Waals surface area contributed by atoms with Crippen LogP contribution in [0.1, 0.15) is 15.9 Å². The topological polar surface area (TPSA) is 50.3 Å². The number of amides is 1. The van der Waals surface area contributed by atoms with E-state index in [2.05, 4.69) is 35.8 Å². The molecule has 4 saturated heterocycles. The SMILES string of the molecule is O=C(NN=C1C2C[NH+]3CC[NH+](C2)CC1(c1ccccc1)C3)c1ccccc1Cl. The molecule has 2 aromatic rings. The zero-order valence-corrected chi connectivity index (χ0v) is 16.5. The van der Waals surface area contributed by atoms with Crippen molar-refractivity contribution >= 4 is 23.2 Å². The molecule has 0 radical (unpaired) electrons. The predicted molar refractivity (Wildman–Crippen MR) is 109 cm³/mol. The van der Waals surface area contributed by atoms with Crippen molar-refractivity contribution in [2.45, 2.75) is 5.41 Å². The van der Waals surface area contributed by atoms with E-state index in [1.165, 1.54) is 18.7 Å². The molecule has 6 rings (SSSR count). The Balaban J connectivity index is 1.53. The molecule has 0 spiro atoms. The van der Waals surface area contributed by atoms with Crippen LogP contribution in [-0.2, 0) is 5.41 Å². The van der Waals surface area contributed by atoms with Gasteiger partial charge in [0.05, 0.1) is 48.4 Å². The van der Waals surface area contributed by atoms with E-state index in [0.29, 0.717) is 16.5 Å². The first-order valence-corrected chi connectivity index (χ1v) is 10.4. The Bertz CT molecular complexity index is 913. The van der Waals surface area contributed by atoms with Crippen molar-refractivity contribution in [2.75, 3.05) is 39.3 Å². The van der Waals surface area contributed by atoms with Gasteiger partial charge in [0.2, 0.25) is 0 Å². The largest absolute Gasteiger partial charge is 0.328 e. The van der Waals surface area contributed by atoms with Crippen molar-refractivity contribution in [3.63, 3.8) is 0 Å². The summed E-state index contributed by atoms with van der Waals surface area (Å²) in [6.45, 7) is 6.77. The number of piperidine rings is 2. The number of nitrogens with zero attached hydrogens (tertiary/aromatic N) is 1. The van der Waals surface area contributed by atoms with Gasteiger partial charge in [0.1, 0.15) is 18.5 Å². The Morgan fingerprint density at radius 1 is 1.00 bits per heavy atom. The molecule has 2 aromatic carbocycles. The van der Waals surface area contributed by atoms with Crippen LogP contribution in [0.4, 0.5) is 0 Å². The fourth-order valence-corrected chi connectivity index (χ4v) is 5.67. The lowest BCUT2D eigenvalue weighted by atomic mass is 9.66. The Hall–Kier alpha value is -2.21. The second-order valence-electron chi connectivity index (χ2n) is 8.32. The summed E-state index contributed by atoms with van der Waals surface area (Å²) < 4.78 is 0. The molecule has 28 heavy (non-hydrogen) atoms. The lowest BCUT2D eigenvalue weighted by Crippen LogP contribution is -3.17. The van der Waals surface area contributed by atoms with Crippen molar-refractivity contribution in [3.05, 3.63) is 70.7 Å². The summed E-state index contributed by atoms with van der Waals surface area (Å²) in [6, 6.07) is 17.8. The summed E-state index contributed by atoms with van der Waals surface area (Å²) in [6.07, 6.45) is 0. The van der Waals surface area contributed by atoms with Crippen LogP contribution in [0.5, 0.6) is 0 Å². The van der Waals surface area contributed by atoms with Gasteiger partial charge in [0.25, 0.3) is 5.91 Å². The van der Waals surface area contributed by atoms with Crippen molar-refractivity contribution in [1.82, 2.24) is 5.43 Å². The standard InChI is InChI=1S/C22H23ClN4O/c23-19-9-5-4-8-18(19)21(28)25-24-20-16-12-26-10-11-27(13-16)15-22(20,14-26)17-6-2-1-3-7-17/h1-9,16H,10-15H2,(H,25,28)/p+2. The number of rotatable bonds is 3. The Kier molecular flexibility index (Phi) is 4.46. The minimum Gasteiger partial charge on any atom is -0.328 e. The quantitative estimate of drug-likeness (QED) is 0.618. The molecule has 4 aliphatic rings. The molecule has 2 unspecified atom stereocenters. The average Bonchev–Trinajstić information content (AvgIpc) is 2.96. The van der Waals surface area contributed by atoms with E-state index < -0.39 is 0 Å². The van der Waals surface area contributed by atoms with E-state index in [1.807, 2.05) is 12.1 Å². The third-order valence-electron chi connectivity index (χ3n) is 6.61. The maximum atomic E-state index is 12.7. The maximum absolute atomic E-state index is 12.7. The summed E-state index contributed by atoms with van der Waals surface area (Å²) in [5.74, 6) is 0.162. The van der Waals surface area contributed by atoms with Crippen LogP contribution in [-0.4, -0.2) is 50.9 Å². The zero-order chi connectivity index (χ0) is 19.1. The van der Waals surface area contributed by atoms with Crippen molar-refractivity contribution in [3.8, 4) is 0 Å². The van der Waals surface area contributed by atoms with E-state index >= 15 is 0 Å². The van der Waals surface area contributed by atoms with Gasteiger partial charge in [0, 0.05) is 0 Å². The molecular weight excluding hydrogens is 372 g/mol. The second-order valence-corrected chi connectivity index (χ2v) is 8.73. The van der Waals surface area contributed by atoms with E-state index in [4.69, 9.17) is 16.7 Å². The van der Waals surface area contributed by atoms with Crippen LogP contribution < -0.4 is 15.2 Å². The van der Waals surface area contributed by atoms with E-state index in [9.17, 15) is 4.79 Å². The molecule has 6 heteroatoms. The van der Waals surface area contributed by atoms with Crippen LogP contribution in [0.15, 0.2) is 59.7 Å². The van der Waals surface area contributed by atoms with E-state index in [0.717, 1.165) is 31.9 Å². The van der Waals surface area contributed by atoms with Gasteiger partial charge in [-0.15, -0.1) is 0 Å². The van der Waals surface area contributed by atoms with Crippen molar-refractivity contribution < 1.29 is 14.6 Å². The molecule has 144 valence electrons. The number of benzene rings is 2. The minimum absolute atomic E-state index is 0.0998. The summed E-state index contributed by atoms with van der Waals surface area (Å²) in [5.41, 5.74) is 5.66. The molecule has 5 nitrogen and oxygen atoms in total. The Morgan fingerprint density at radius 3 is 2.32 bits per heavy atom. The van der Waals surface area contributed by atoms with Gasteiger partial charge in [-0.1, -0.05) is 54.1 Å². The van der Waals surface area contributed by atoms with Crippen molar-refractivity contribution in [1.29, 1.82) is 0 Å². The minimum atomic E-state index is -0.242. The molecule has 0 aliphatic carbocycles. The number of hydrazone groups is 1. The van der Waals surface area contributed by atoms with Crippen LogP contribution >= 0.6 is 11.6 Å². The summed E-state index contributed by atoms with van der Waals surface area (Å²) in [5, 5.41) is 5.21. The van der Waals surface area contributed by atoms with Gasteiger partial charge in [-0.2, -0.15) is 5.10 Å². The number of carbonyl (C=O) groups excluding carboxylic acids is 1. The molecule has 2 atom stereocenters. The molecule has 4 bridgehead atoms. The highest BCUT2D eigenvalue weighted by Crippen LogP contribution is 2.31. The molecule has 0 saturated carbocycles. The second kappa shape index (κ2) is 6.99. The van der Waals surface area contributed by atoms with E-state index in [1.54, 1.807) is 21.9 Å². The van der Waals surface area contributed by atoms with E-state index in [-0.39, 0.29) is 11.3 Å². The average molecular weight is 397 g/mol. The molecule has 3 N–H and O–H groups in total. The van der Waals surface area contributed by atoms with Crippen LogP contribution in [0, 0.1) is 5.92 Å². The first-order valence-electron chi connectivity index (χ1n) is 10.0. The number of hydrogen-bond acceptors (Lipinski definition) is 2. The molecular formula is C22H25ClN4O+2. The molecule has 4 aliphatic heterocycles. The lowest BCUT2D eigenvalue weighted by Gasteiger charge is -2.46. The Morgan fingerprint density at radius 2 is 1.64 bits per heavy atom. The number of nitrogens with one attached hydrogen (secondary N) is 3. The predicted octanol–water partition coefficient (Wildman–Crippen LogP) is -0.209. The van der Waals surface area contributed by atoms with Crippen LogP contribution in [0.2, 0.25) is 5.02 Å². The summed E-state index contributed by atoms with van der Waals surface area (Å²) in [4.78, 5) is 16.0. The first-order chi connectivity index (χ1) is 13.7. The molecule has 4 heterocycles. The van der Waals surface area contributed by atoms with Crippen molar-refractivity contribution in [2.24, 2.45) is 11.0 Å². The third-order valence-corrected chi connectivity index (χ3v) is 6.94. The summed E-state index contributed by atoms with van der Waals surface area (Å²) >= 11 is 6.19. The number of carbonyl (C=O) groups is 1. The number of quaternary nitrogens is 2. The fourth-order valence-electron chi connectivity index (χ4n) is 5.45. The third kappa shape index (κ3) is 2.94. The van der Waals surface area contributed by atoms with Gasteiger partial charge < -0.3 is 9.80 Å². The van der Waals surface area contributed by atoms with Gasteiger partial charge >= 0.3 is 0 Å². The smallest absolute Gasteiger partial charge is 0.272 e. The maximum Gasteiger partial charge on any atom is 0.272 e. The van der Waals surface area contributed by atoms with Gasteiger partial charge in [-0.25, -0.2) is 5.43 Å². The molecule has 4 fully saturated rings. The molecule has 0 aromatic heterocycles. The van der Waals surface area contributed by atoms with Crippen LogP contribution in [0.25, 0.3) is 0 Å². The van der Waals surface area contributed by atoms with Crippen LogP contribution in [0.3, 0.4) is 0 Å². The summed E-state index contributed by atoms with van der Waals surface area (Å²) in [7, 11) is 0. The number of halogens is 1. The number of fused-ring (bicyclic) bond motifs is 1. The zero-order valence-electron chi connectivity index (χ0n) is 15.7. The van der Waals surface area contributed by atoms with Gasteiger partial charge in [-0.05, 0) is 17.7 Å². The fraction of sp³-hybridized carbons (Fsp3) is 0.364. The van der Waals surface area contributed by atoms with Gasteiger partial charge in [0.15, 0.2) is 0 Å². The highest BCUT2D eigenvalue weighted by molar-refractivity contribution is 6.33. The monoisotopic (exact) mass is 396 g/mol. The highest BCUT2D eigenvalue weighted by atomic mass is 35.5. The Labute approximate surface area is 170 Å². The van der Waals surface area contributed by atoms with Gasteiger partial charge in [-0.3, -0.25) is 4.79 Å². The molecule has 1 amide bonds.